The molecular weight excluding hydrogens is 547 g/mol. The number of urea groups is 1. The number of allylic oxidation sites excluding steroid dienone is 3. The second kappa shape index (κ2) is 16.0. The third kappa shape index (κ3) is 8.91. The molecule has 222 valence electrons. The Morgan fingerprint density at radius 3 is 2.32 bits per heavy atom. The van der Waals surface area contributed by atoms with Gasteiger partial charge in [0.05, 0.1) is 12.2 Å². The van der Waals surface area contributed by atoms with Gasteiger partial charge in [0, 0.05) is 41.5 Å². The van der Waals surface area contributed by atoms with Crippen LogP contribution >= 0.6 is 11.8 Å². The van der Waals surface area contributed by atoms with Crippen LogP contribution in [0.4, 0.5) is 29.3 Å². The Morgan fingerprint density at radius 1 is 1.07 bits per heavy atom. The van der Waals surface area contributed by atoms with Crippen molar-refractivity contribution in [2.45, 2.75) is 58.9 Å². The first-order valence-corrected chi connectivity index (χ1v) is 14.7. The minimum absolute atomic E-state index is 0.103. The van der Waals surface area contributed by atoms with E-state index in [9.17, 15) is 18.0 Å². The molecule has 2 aromatic rings. The van der Waals surface area contributed by atoms with E-state index >= 15 is 0 Å². The number of amides is 2. The van der Waals surface area contributed by atoms with E-state index in [0.29, 0.717) is 18.2 Å². The van der Waals surface area contributed by atoms with Crippen LogP contribution in [-0.2, 0) is 13.0 Å². The molecule has 10 heteroatoms. The molecule has 0 aromatic heterocycles. The summed E-state index contributed by atoms with van der Waals surface area (Å²) in [7, 11) is 2.03. The zero-order valence-corrected chi connectivity index (χ0v) is 25.7. The molecule has 0 saturated heterocycles. The van der Waals surface area contributed by atoms with Crippen molar-refractivity contribution in [3.63, 3.8) is 0 Å². The third-order valence-electron chi connectivity index (χ3n) is 6.58. The van der Waals surface area contributed by atoms with Gasteiger partial charge in [-0.2, -0.15) is 4.99 Å². The standard InChI is InChI=1S/C31H40F3N5OS/c1-9-20(6)14-23(11-3)39(19-22-15-25(33)26(34)17-24(22)32)31(40)37-30(35-12-4)36-27-18-29(41-8)28(38(7)13-5)16-21(27)10-2/h11-12,14-18H,4,9-10,13,19H2,1-3,5-8H3,(H2,35,36,37,40)/b20-14-,23-11+. The first kappa shape index (κ1) is 33.5. The Bertz CT molecular complexity index is 1340. The molecule has 0 saturated carbocycles. The molecule has 0 fully saturated rings. The highest BCUT2D eigenvalue weighted by Crippen LogP contribution is 2.34. The maximum atomic E-state index is 14.6. The topological polar surface area (TPSA) is 60.0 Å². The lowest BCUT2D eigenvalue weighted by Gasteiger charge is -2.24. The lowest BCUT2D eigenvalue weighted by molar-refractivity contribution is 0.220. The molecule has 0 spiro atoms. The van der Waals surface area contributed by atoms with Crippen LogP contribution in [0.15, 0.2) is 70.4 Å². The second-order valence-corrected chi connectivity index (χ2v) is 10.1. The average Bonchev–Trinajstić information content (AvgIpc) is 2.96. The van der Waals surface area contributed by atoms with Gasteiger partial charge in [-0.3, -0.25) is 4.90 Å². The third-order valence-corrected chi connectivity index (χ3v) is 7.35. The number of aryl methyl sites for hydroxylation is 1. The number of thioether (sulfide) groups is 1. The van der Waals surface area contributed by atoms with Gasteiger partial charge in [0.2, 0.25) is 5.96 Å². The fourth-order valence-corrected chi connectivity index (χ4v) is 4.59. The van der Waals surface area contributed by atoms with Crippen molar-refractivity contribution in [1.82, 2.24) is 10.2 Å². The molecule has 0 heterocycles. The Balaban J connectivity index is 2.60. The molecule has 2 N–H and O–H groups in total. The molecule has 0 bridgehead atoms. The molecule has 0 aliphatic carbocycles. The lowest BCUT2D eigenvalue weighted by Crippen LogP contribution is -2.33. The summed E-state index contributed by atoms with van der Waals surface area (Å²) in [5, 5.41) is 6.09. The maximum Gasteiger partial charge on any atom is 0.351 e. The number of nitrogens with one attached hydrogen (secondary N) is 2. The summed E-state index contributed by atoms with van der Waals surface area (Å²) in [6.07, 6.45) is 8.29. The minimum Gasteiger partial charge on any atom is -0.374 e. The second-order valence-electron chi connectivity index (χ2n) is 9.27. The predicted molar refractivity (Wildman–Crippen MR) is 166 cm³/mol. The first-order chi connectivity index (χ1) is 19.5. The van der Waals surface area contributed by atoms with Gasteiger partial charge >= 0.3 is 6.03 Å². The number of aliphatic imine (C=N–C) groups is 1. The minimum atomic E-state index is -1.30. The van der Waals surface area contributed by atoms with Crippen LogP contribution in [0.5, 0.6) is 0 Å². The number of anilines is 2. The van der Waals surface area contributed by atoms with Gasteiger partial charge in [-0.1, -0.05) is 32.1 Å². The van der Waals surface area contributed by atoms with Crippen molar-refractivity contribution in [2.24, 2.45) is 4.99 Å². The van der Waals surface area contributed by atoms with E-state index in [1.165, 1.54) is 11.1 Å². The predicted octanol–water partition coefficient (Wildman–Crippen LogP) is 8.23. The van der Waals surface area contributed by atoms with Crippen LogP contribution in [-0.4, -0.2) is 36.7 Å². The summed E-state index contributed by atoms with van der Waals surface area (Å²) in [4.78, 5) is 22.4. The van der Waals surface area contributed by atoms with E-state index in [1.54, 1.807) is 30.8 Å². The smallest absolute Gasteiger partial charge is 0.351 e. The fraction of sp³-hybridized carbons (Fsp3) is 0.355. The highest BCUT2D eigenvalue weighted by molar-refractivity contribution is 7.98. The number of nitrogens with zero attached hydrogens (tertiary/aromatic N) is 3. The van der Waals surface area contributed by atoms with Gasteiger partial charge in [-0.25, -0.2) is 18.0 Å². The number of hydrogen-bond donors (Lipinski definition) is 2. The van der Waals surface area contributed by atoms with Crippen molar-refractivity contribution in [3.05, 3.63) is 89.0 Å². The molecule has 0 aliphatic heterocycles. The number of hydrogen-bond acceptors (Lipinski definition) is 3. The zero-order valence-electron chi connectivity index (χ0n) is 24.9. The average molecular weight is 588 g/mol. The lowest BCUT2D eigenvalue weighted by atomic mass is 10.1. The Hall–Kier alpha value is -3.66. The molecule has 0 radical (unpaired) electrons. The van der Waals surface area contributed by atoms with Crippen LogP contribution in [0.3, 0.4) is 0 Å². The molecule has 0 aliphatic rings. The normalized spacial score (nSPS) is 12.3. The zero-order chi connectivity index (χ0) is 30.7. The first-order valence-electron chi connectivity index (χ1n) is 13.5. The van der Waals surface area contributed by atoms with Gasteiger partial charge in [-0.05, 0) is 75.9 Å². The molecule has 0 unspecified atom stereocenters. The van der Waals surface area contributed by atoms with Gasteiger partial charge in [0.1, 0.15) is 5.82 Å². The van der Waals surface area contributed by atoms with Crippen molar-refractivity contribution in [3.8, 4) is 0 Å². The van der Waals surface area contributed by atoms with Crippen LogP contribution in [0.25, 0.3) is 0 Å². The van der Waals surface area contributed by atoms with Crippen molar-refractivity contribution < 1.29 is 18.0 Å². The number of carbonyl (C=O) groups excluding carboxylic acids is 1. The quantitative estimate of drug-likeness (QED) is 0.0912. The van der Waals surface area contributed by atoms with E-state index in [-0.39, 0.29) is 18.1 Å². The SMILES string of the molecule is C=CN/C(=N\C(=O)N(Cc1cc(F)c(F)cc1F)C(/C=C(/C)CC)=C/C)Nc1cc(SC)c(N(C)CC)cc1CC. The van der Waals surface area contributed by atoms with E-state index in [4.69, 9.17) is 0 Å². The molecular formula is C31H40F3N5OS. The maximum absolute atomic E-state index is 14.6. The Kier molecular flexibility index (Phi) is 13.1. The molecule has 0 atom stereocenters. The van der Waals surface area contributed by atoms with E-state index < -0.39 is 23.5 Å². The summed E-state index contributed by atoms with van der Waals surface area (Å²) in [6.45, 7) is 13.9. The number of rotatable bonds is 11. The van der Waals surface area contributed by atoms with E-state index in [1.807, 2.05) is 40.1 Å². The van der Waals surface area contributed by atoms with Gasteiger partial charge in [0.15, 0.2) is 11.6 Å². The van der Waals surface area contributed by atoms with Crippen LogP contribution in [0, 0.1) is 17.5 Å². The van der Waals surface area contributed by atoms with Crippen LogP contribution in [0.2, 0.25) is 0 Å². The van der Waals surface area contributed by atoms with E-state index in [0.717, 1.165) is 46.4 Å². The number of carbonyl (C=O) groups is 1. The summed E-state index contributed by atoms with van der Waals surface area (Å²) in [5.41, 5.74) is 4.09. The van der Waals surface area contributed by atoms with Crippen LogP contribution < -0.4 is 15.5 Å². The number of guanidine groups is 1. The van der Waals surface area contributed by atoms with Crippen LogP contribution in [0.1, 0.15) is 52.2 Å². The molecule has 2 rings (SSSR count). The Labute approximate surface area is 246 Å². The highest BCUT2D eigenvalue weighted by Gasteiger charge is 2.22. The highest BCUT2D eigenvalue weighted by atomic mass is 32.2. The van der Waals surface area contributed by atoms with Gasteiger partial charge in [0.25, 0.3) is 0 Å². The van der Waals surface area contributed by atoms with Gasteiger partial charge < -0.3 is 15.5 Å². The number of benzene rings is 2. The Morgan fingerprint density at radius 2 is 1.76 bits per heavy atom. The largest absolute Gasteiger partial charge is 0.374 e. The summed E-state index contributed by atoms with van der Waals surface area (Å²) in [5.74, 6) is -3.37. The fourth-order valence-electron chi connectivity index (χ4n) is 3.93. The molecule has 41 heavy (non-hydrogen) atoms. The summed E-state index contributed by atoms with van der Waals surface area (Å²) in [6, 6.07) is 4.60. The van der Waals surface area contributed by atoms with Crippen molar-refractivity contribution >= 4 is 35.1 Å². The summed E-state index contributed by atoms with van der Waals surface area (Å²) < 4.78 is 42.2. The van der Waals surface area contributed by atoms with E-state index in [2.05, 4.69) is 40.1 Å². The van der Waals surface area contributed by atoms with Crippen molar-refractivity contribution in [2.75, 3.05) is 30.1 Å². The van der Waals surface area contributed by atoms with Crippen molar-refractivity contribution in [1.29, 1.82) is 0 Å². The monoisotopic (exact) mass is 587 g/mol. The molecule has 6 nitrogen and oxygen atoms in total. The number of halogens is 3. The molecule has 2 amide bonds. The van der Waals surface area contributed by atoms with Gasteiger partial charge in [-0.15, -0.1) is 11.8 Å². The molecule has 2 aromatic carbocycles. The summed E-state index contributed by atoms with van der Waals surface area (Å²) >= 11 is 1.61.